The van der Waals surface area contributed by atoms with E-state index in [-0.39, 0.29) is 0 Å². The smallest absolute Gasteiger partial charge is 0.337 e. The molecule has 0 aromatic rings. The van der Waals surface area contributed by atoms with E-state index in [4.69, 9.17) is 27.9 Å². The van der Waals surface area contributed by atoms with Crippen LogP contribution in [0.4, 0.5) is 0 Å². The minimum absolute atomic E-state index is 0.303. The molecule has 0 fully saturated rings. The average molecular weight is 399 g/mol. The molecule has 0 aromatic heterocycles. The number of carbonyl (C=O) groups excluding carboxylic acids is 1. The zero-order valence-electron chi connectivity index (χ0n) is 8.73. The summed E-state index contributed by atoms with van der Waals surface area (Å²) in [5.41, 5.74) is 0. The second-order valence-electron chi connectivity index (χ2n) is 2.95. The van der Waals surface area contributed by atoms with Crippen molar-refractivity contribution in [2.75, 3.05) is 36.8 Å². The summed E-state index contributed by atoms with van der Waals surface area (Å²) in [5.74, 6) is 0.346. The first kappa shape index (κ1) is 17.0. The number of rotatable bonds is 8. The molecular weight excluding hydrogens is 385 g/mol. The van der Waals surface area contributed by atoms with Crippen LogP contribution >= 0.6 is 55.1 Å². The molecule has 3 nitrogen and oxygen atoms in total. The molecule has 1 atom stereocenters. The van der Waals surface area contributed by atoms with Crippen LogP contribution in [0.5, 0.6) is 0 Å². The molecule has 95 valence electrons. The number of esters is 1. The van der Waals surface area contributed by atoms with Gasteiger partial charge in [-0.3, -0.25) is 4.90 Å². The number of alkyl halides is 4. The third kappa shape index (κ3) is 5.54. The average Bonchev–Trinajstić information content (AvgIpc) is 2.25. The van der Waals surface area contributed by atoms with Crippen LogP contribution in [-0.4, -0.2) is 52.1 Å². The van der Waals surface area contributed by atoms with Gasteiger partial charge in [0.05, 0.1) is 0 Å². The minimum atomic E-state index is -1.13. The Bertz CT molecular complexity index is 212. The SMILES string of the molecule is [CH2]C(Br)(C(=O)OCCBr)N(CCCl)CCCl. The van der Waals surface area contributed by atoms with Gasteiger partial charge >= 0.3 is 5.97 Å². The molecule has 0 amide bonds. The minimum Gasteiger partial charge on any atom is -0.463 e. The summed E-state index contributed by atoms with van der Waals surface area (Å²) in [6, 6.07) is 0. The van der Waals surface area contributed by atoms with Crippen molar-refractivity contribution in [3.8, 4) is 0 Å². The number of nitrogens with zero attached hydrogens (tertiary/aromatic N) is 1. The fraction of sp³-hybridized carbons (Fsp3) is 0.778. The highest BCUT2D eigenvalue weighted by molar-refractivity contribution is 9.10. The molecular formula is C9H14Br2Cl2NO2. The lowest BCUT2D eigenvalue weighted by Gasteiger charge is -2.33. The van der Waals surface area contributed by atoms with Crippen LogP contribution in [0.1, 0.15) is 0 Å². The highest BCUT2D eigenvalue weighted by Gasteiger charge is 2.37. The van der Waals surface area contributed by atoms with Crippen molar-refractivity contribution < 1.29 is 9.53 Å². The molecule has 0 saturated carbocycles. The number of hydrogen-bond donors (Lipinski definition) is 0. The summed E-state index contributed by atoms with van der Waals surface area (Å²) in [7, 11) is 0. The Morgan fingerprint density at radius 3 is 2.25 bits per heavy atom. The zero-order valence-corrected chi connectivity index (χ0v) is 13.4. The second-order valence-corrected chi connectivity index (χ2v) is 5.81. The molecule has 0 saturated heterocycles. The molecule has 0 bridgehead atoms. The first-order chi connectivity index (χ1) is 7.50. The van der Waals surface area contributed by atoms with Crippen LogP contribution in [0.25, 0.3) is 0 Å². The molecule has 7 heteroatoms. The summed E-state index contributed by atoms with van der Waals surface area (Å²) in [6.45, 7) is 5.11. The molecule has 0 aromatic carbocycles. The molecule has 0 N–H and O–H groups in total. The first-order valence-electron chi connectivity index (χ1n) is 4.65. The van der Waals surface area contributed by atoms with Gasteiger partial charge in [-0.15, -0.1) is 23.2 Å². The maximum Gasteiger partial charge on any atom is 0.337 e. The number of carbonyl (C=O) groups is 1. The molecule has 0 aliphatic carbocycles. The van der Waals surface area contributed by atoms with Gasteiger partial charge in [0.1, 0.15) is 6.61 Å². The maximum atomic E-state index is 11.7. The Hall–Kier alpha value is 0.970. The van der Waals surface area contributed by atoms with E-state index in [2.05, 4.69) is 38.8 Å². The van der Waals surface area contributed by atoms with Gasteiger partial charge in [0.25, 0.3) is 0 Å². The Morgan fingerprint density at radius 2 is 1.88 bits per heavy atom. The normalized spacial score (nSPS) is 14.9. The predicted molar refractivity (Wildman–Crippen MR) is 74.8 cm³/mol. The second kappa shape index (κ2) is 8.97. The first-order valence-corrected chi connectivity index (χ1v) is 7.63. The van der Waals surface area contributed by atoms with Crippen LogP contribution in [-0.2, 0) is 9.53 Å². The van der Waals surface area contributed by atoms with E-state index in [0.717, 1.165) is 0 Å². The van der Waals surface area contributed by atoms with E-state index in [1.54, 1.807) is 4.90 Å². The van der Waals surface area contributed by atoms with Gasteiger partial charge in [-0.25, -0.2) is 4.79 Å². The van der Waals surface area contributed by atoms with Gasteiger partial charge in [0.15, 0.2) is 4.45 Å². The van der Waals surface area contributed by atoms with Crippen LogP contribution in [0.3, 0.4) is 0 Å². The van der Waals surface area contributed by atoms with Gasteiger partial charge in [-0.1, -0.05) is 31.9 Å². The third-order valence-electron chi connectivity index (χ3n) is 1.83. The van der Waals surface area contributed by atoms with Crippen molar-refractivity contribution in [2.45, 2.75) is 4.45 Å². The molecule has 0 heterocycles. The van der Waals surface area contributed by atoms with E-state index in [9.17, 15) is 4.79 Å². The van der Waals surface area contributed by atoms with Gasteiger partial charge < -0.3 is 4.74 Å². The summed E-state index contributed by atoms with van der Waals surface area (Å²) >= 11 is 17.7. The summed E-state index contributed by atoms with van der Waals surface area (Å²) in [5, 5.41) is 0.590. The van der Waals surface area contributed by atoms with Crippen LogP contribution in [0.15, 0.2) is 0 Å². The molecule has 0 rings (SSSR count). The lowest BCUT2D eigenvalue weighted by molar-refractivity contribution is -0.148. The standard InChI is InChI=1S/C9H14Br2Cl2NO2/c1-9(11,8(15)16-7-2-10)14(5-3-12)6-4-13/h1-7H2. The highest BCUT2D eigenvalue weighted by Crippen LogP contribution is 2.24. The van der Waals surface area contributed by atoms with Crippen LogP contribution in [0, 0.1) is 6.92 Å². The van der Waals surface area contributed by atoms with E-state index in [1.165, 1.54) is 0 Å². The molecule has 0 aliphatic rings. The number of hydrogen-bond acceptors (Lipinski definition) is 3. The fourth-order valence-corrected chi connectivity index (χ4v) is 2.08. The van der Waals surface area contributed by atoms with Crippen LogP contribution < -0.4 is 0 Å². The number of ether oxygens (including phenoxy) is 1. The largest absolute Gasteiger partial charge is 0.463 e. The fourth-order valence-electron chi connectivity index (χ4n) is 1.04. The summed E-state index contributed by atoms with van der Waals surface area (Å²) in [4.78, 5) is 13.5. The molecule has 0 aliphatic heterocycles. The molecule has 0 spiro atoms. The Labute approximate surface area is 123 Å². The third-order valence-corrected chi connectivity index (χ3v) is 3.32. The Kier molecular flexibility index (Phi) is 9.52. The van der Waals surface area contributed by atoms with Crippen molar-refractivity contribution in [3.63, 3.8) is 0 Å². The number of halogens is 4. The summed E-state index contributed by atoms with van der Waals surface area (Å²) < 4.78 is 3.88. The van der Waals surface area contributed by atoms with E-state index in [0.29, 0.717) is 36.8 Å². The highest BCUT2D eigenvalue weighted by atomic mass is 79.9. The molecule has 1 unspecified atom stereocenters. The van der Waals surface area contributed by atoms with Crippen molar-refractivity contribution in [1.29, 1.82) is 0 Å². The molecule has 16 heavy (non-hydrogen) atoms. The van der Waals surface area contributed by atoms with E-state index >= 15 is 0 Å². The lowest BCUT2D eigenvalue weighted by Crippen LogP contribution is -2.50. The summed E-state index contributed by atoms with van der Waals surface area (Å²) in [6.07, 6.45) is 0. The molecule has 1 radical (unpaired) electrons. The Balaban J connectivity index is 4.48. The van der Waals surface area contributed by atoms with Gasteiger partial charge in [-0.2, -0.15) is 0 Å². The zero-order chi connectivity index (χ0) is 12.6. The van der Waals surface area contributed by atoms with Crippen LogP contribution in [0.2, 0.25) is 0 Å². The Morgan fingerprint density at radius 1 is 1.38 bits per heavy atom. The van der Waals surface area contributed by atoms with E-state index < -0.39 is 10.4 Å². The maximum absolute atomic E-state index is 11.7. The predicted octanol–water partition coefficient (Wildman–Crippen LogP) is 2.63. The van der Waals surface area contributed by atoms with Gasteiger partial charge in [-0.05, 0) is 6.92 Å². The lowest BCUT2D eigenvalue weighted by atomic mass is 10.3. The monoisotopic (exact) mass is 396 g/mol. The van der Waals surface area contributed by atoms with Gasteiger partial charge in [0.2, 0.25) is 0 Å². The van der Waals surface area contributed by atoms with Crippen molar-refractivity contribution in [1.82, 2.24) is 4.90 Å². The van der Waals surface area contributed by atoms with Gasteiger partial charge in [0, 0.05) is 30.2 Å². The van der Waals surface area contributed by atoms with E-state index in [1.807, 2.05) is 0 Å². The van der Waals surface area contributed by atoms with Crippen molar-refractivity contribution in [3.05, 3.63) is 6.92 Å². The topological polar surface area (TPSA) is 29.5 Å². The van der Waals surface area contributed by atoms with Crippen molar-refractivity contribution >= 4 is 61.0 Å². The quantitative estimate of drug-likeness (QED) is 0.357. The van der Waals surface area contributed by atoms with Crippen molar-refractivity contribution in [2.24, 2.45) is 0 Å².